The Morgan fingerprint density at radius 3 is 2.52 bits per heavy atom. The van der Waals surface area contributed by atoms with Gasteiger partial charge in [-0.05, 0) is 30.3 Å². The fraction of sp³-hybridized carbons (Fsp3) is 0.200. The van der Waals surface area contributed by atoms with Gasteiger partial charge in [0, 0.05) is 24.8 Å². The maximum absolute atomic E-state index is 11.9. The van der Waals surface area contributed by atoms with Gasteiger partial charge in [-0.2, -0.15) is 0 Å². The Labute approximate surface area is 143 Å². The molecule has 2 aromatic rings. The molecule has 23 heavy (non-hydrogen) atoms. The molecule has 0 atom stereocenters. The van der Waals surface area contributed by atoms with Gasteiger partial charge in [-0.1, -0.05) is 17.7 Å². The minimum Gasteiger partial charge on any atom is -0.326 e. The van der Waals surface area contributed by atoms with E-state index in [-0.39, 0.29) is 29.4 Å². The molecule has 1 aromatic heterocycles. The van der Waals surface area contributed by atoms with Crippen molar-refractivity contribution in [3.8, 4) is 0 Å². The highest BCUT2D eigenvalue weighted by Crippen LogP contribution is 2.23. The summed E-state index contributed by atoms with van der Waals surface area (Å²) in [5.74, 6) is -0.506. The normalized spacial score (nSPS) is 11.2. The molecule has 0 aliphatic carbocycles. The number of nitrogens with one attached hydrogen (secondary N) is 1. The summed E-state index contributed by atoms with van der Waals surface area (Å²) in [6.07, 6.45) is 1.17. The summed E-state index contributed by atoms with van der Waals surface area (Å²) in [5, 5.41) is 2.59. The number of Topliss-reactive ketones (excluding diaryl/α,β-unsaturated/α-hetero) is 1. The Bertz CT molecular complexity index is 843. The summed E-state index contributed by atoms with van der Waals surface area (Å²) in [7, 11) is -3.34. The number of amides is 1. The molecule has 0 spiro atoms. The van der Waals surface area contributed by atoms with Gasteiger partial charge in [0.15, 0.2) is 15.6 Å². The van der Waals surface area contributed by atoms with E-state index in [1.54, 1.807) is 24.3 Å². The number of benzene rings is 1. The number of carbonyl (C=O) groups is 2. The Balaban J connectivity index is 1.94. The lowest BCUT2D eigenvalue weighted by molar-refractivity contribution is -0.116. The van der Waals surface area contributed by atoms with Crippen molar-refractivity contribution in [1.29, 1.82) is 0 Å². The summed E-state index contributed by atoms with van der Waals surface area (Å²) >= 11 is 6.94. The maximum Gasteiger partial charge on any atom is 0.224 e. The first-order chi connectivity index (χ1) is 10.8. The SMILES string of the molecule is CS(=O)(=O)c1cccc(NC(=O)CCC(=O)c2ccc(Cl)s2)c1. The van der Waals surface area contributed by atoms with E-state index in [1.165, 1.54) is 23.5 Å². The summed E-state index contributed by atoms with van der Waals surface area (Å²) in [5.41, 5.74) is 0.379. The third-order valence-electron chi connectivity index (χ3n) is 2.97. The van der Waals surface area contributed by atoms with Gasteiger partial charge in [0.25, 0.3) is 0 Å². The van der Waals surface area contributed by atoms with Crippen molar-refractivity contribution in [1.82, 2.24) is 0 Å². The zero-order valence-corrected chi connectivity index (χ0v) is 14.6. The molecule has 0 unspecified atom stereocenters. The van der Waals surface area contributed by atoms with E-state index < -0.39 is 9.84 Å². The van der Waals surface area contributed by atoms with Crippen LogP contribution in [0.2, 0.25) is 4.34 Å². The average molecular weight is 372 g/mol. The molecular formula is C15H14ClNO4S2. The van der Waals surface area contributed by atoms with Crippen LogP contribution in [-0.4, -0.2) is 26.4 Å². The summed E-state index contributed by atoms with van der Waals surface area (Å²) < 4.78 is 23.5. The molecular weight excluding hydrogens is 358 g/mol. The Hall–Kier alpha value is -1.70. The van der Waals surface area contributed by atoms with Crippen LogP contribution in [0.15, 0.2) is 41.3 Å². The van der Waals surface area contributed by atoms with Gasteiger partial charge in [-0.15, -0.1) is 11.3 Å². The zero-order valence-electron chi connectivity index (χ0n) is 12.2. The molecule has 2 rings (SSSR count). The first-order valence-electron chi connectivity index (χ1n) is 6.64. The first kappa shape index (κ1) is 17.7. The zero-order chi connectivity index (χ0) is 17.0. The number of halogens is 1. The van der Waals surface area contributed by atoms with E-state index in [9.17, 15) is 18.0 Å². The van der Waals surface area contributed by atoms with Gasteiger partial charge in [-0.25, -0.2) is 8.42 Å². The lowest BCUT2D eigenvalue weighted by atomic mass is 10.2. The first-order valence-corrected chi connectivity index (χ1v) is 9.73. The van der Waals surface area contributed by atoms with Crippen LogP contribution in [0.1, 0.15) is 22.5 Å². The predicted molar refractivity (Wildman–Crippen MR) is 91.1 cm³/mol. The second-order valence-corrected chi connectivity index (χ2v) is 8.61. The summed E-state index contributed by atoms with van der Waals surface area (Å²) in [6.45, 7) is 0. The average Bonchev–Trinajstić information content (AvgIpc) is 2.91. The molecule has 5 nitrogen and oxygen atoms in total. The molecule has 0 aliphatic rings. The minimum absolute atomic E-state index is 0.0114. The topological polar surface area (TPSA) is 80.3 Å². The number of ketones is 1. The van der Waals surface area contributed by atoms with Crippen molar-refractivity contribution in [2.45, 2.75) is 17.7 Å². The molecule has 1 heterocycles. The van der Waals surface area contributed by atoms with E-state index in [1.807, 2.05) is 0 Å². The standard InChI is InChI=1S/C15H14ClNO4S2/c1-23(20,21)11-4-2-3-10(9-11)17-15(19)8-5-12(18)13-6-7-14(16)22-13/h2-4,6-7,9H,5,8H2,1H3,(H,17,19). The van der Waals surface area contributed by atoms with E-state index in [2.05, 4.69) is 5.32 Å². The van der Waals surface area contributed by atoms with Crippen LogP contribution >= 0.6 is 22.9 Å². The van der Waals surface area contributed by atoms with Crippen LogP contribution in [0.3, 0.4) is 0 Å². The van der Waals surface area contributed by atoms with Crippen LogP contribution in [-0.2, 0) is 14.6 Å². The summed E-state index contributed by atoms with van der Waals surface area (Å²) in [6, 6.07) is 9.24. The Morgan fingerprint density at radius 2 is 1.91 bits per heavy atom. The summed E-state index contributed by atoms with van der Waals surface area (Å²) in [4.78, 5) is 24.4. The molecule has 0 fully saturated rings. The molecule has 1 amide bonds. The van der Waals surface area contributed by atoms with E-state index >= 15 is 0 Å². The van der Waals surface area contributed by atoms with Crippen LogP contribution in [0.5, 0.6) is 0 Å². The van der Waals surface area contributed by atoms with Crippen molar-refractivity contribution in [2.75, 3.05) is 11.6 Å². The third-order valence-corrected chi connectivity index (χ3v) is 5.36. The molecule has 0 saturated heterocycles. The quantitative estimate of drug-likeness (QED) is 0.789. The molecule has 1 aromatic carbocycles. The Morgan fingerprint density at radius 1 is 1.17 bits per heavy atom. The van der Waals surface area contributed by atoms with E-state index in [0.29, 0.717) is 14.9 Å². The lowest BCUT2D eigenvalue weighted by Crippen LogP contribution is -2.13. The number of hydrogen-bond acceptors (Lipinski definition) is 5. The third kappa shape index (κ3) is 5.16. The largest absolute Gasteiger partial charge is 0.326 e. The van der Waals surface area contributed by atoms with Crippen molar-refractivity contribution in [3.63, 3.8) is 0 Å². The highest BCUT2D eigenvalue weighted by atomic mass is 35.5. The molecule has 8 heteroatoms. The van der Waals surface area contributed by atoms with Gasteiger partial charge < -0.3 is 5.32 Å². The van der Waals surface area contributed by atoms with Crippen molar-refractivity contribution >= 4 is 50.2 Å². The highest BCUT2D eigenvalue weighted by Gasteiger charge is 2.13. The highest BCUT2D eigenvalue weighted by molar-refractivity contribution is 7.90. The maximum atomic E-state index is 11.9. The molecule has 122 valence electrons. The van der Waals surface area contributed by atoms with Gasteiger partial charge in [0.05, 0.1) is 14.1 Å². The number of anilines is 1. The van der Waals surface area contributed by atoms with E-state index in [4.69, 9.17) is 11.6 Å². The van der Waals surface area contributed by atoms with Gasteiger partial charge in [0.2, 0.25) is 5.91 Å². The van der Waals surface area contributed by atoms with Crippen molar-refractivity contribution in [3.05, 3.63) is 45.6 Å². The molecule has 0 bridgehead atoms. The van der Waals surface area contributed by atoms with Crippen LogP contribution in [0.25, 0.3) is 0 Å². The fourth-order valence-corrected chi connectivity index (χ4v) is 3.52. The molecule has 0 radical (unpaired) electrons. The molecule has 0 saturated carbocycles. The van der Waals surface area contributed by atoms with Gasteiger partial charge >= 0.3 is 0 Å². The smallest absolute Gasteiger partial charge is 0.224 e. The number of thiophene rings is 1. The van der Waals surface area contributed by atoms with Crippen LogP contribution < -0.4 is 5.32 Å². The van der Waals surface area contributed by atoms with Gasteiger partial charge in [-0.3, -0.25) is 9.59 Å². The number of hydrogen-bond donors (Lipinski definition) is 1. The van der Waals surface area contributed by atoms with Crippen LogP contribution in [0.4, 0.5) is 5.69 Å². The van der Waals surface area contributed by atoms with Crippen LogP contribution in [0, 0.1) is 0 Å². The fourth-order valence-electron chi connectivity index (χ4n) is 1.84. The van der Waals surface area contributed by atoms with Crippen molar-refractivity contribution < 1.29 is 18.0 Å². The van der Waals surface area contributed by atoms with Crippen molar-refractivity contribution in [2.24, 2.45) is 0 Å². The minimum atomic E-state index is -3.34. The van der Waals surface area contributed by atoms with Gasteiger partial charge in [0.1, 0.15) is 0 Å². The molecule has 0 aliphatic heterocycles. The lowest BCUT2D eigenvalue weighted by Gasteiger charge is -2.06. The predicted octanol–water partition coefficient (Wildman–Crippen LogP) is 3.41. The second kappa shape index (κ2) is 7.25. The number of carbonyl (C=O) groups excluding carboxylic acids is 2. The number of sulfone groups is 1. The second-order valence-electron chi connectivity index (χ2n) is 4.88. The molecule has 1 N–H and O–H groups in total. The number of rotatable bonds is 6. The van der Waals surface area contributed by atoms with E-state index in [0.717, 1.165) is 6.26 Å². The Kier molecular flexibility index (Phi) is 5.56. The monoisotopic (exact) mass is 371 g/mol.